The first kappa shape index (κ1) is 14.2. The highest BCUT2D eigenvalue weighted by Crippen LogP contribution is 2.34. The Balaban J connectivity index is 1.66. The molecule has 2 heterocycles. The molecule has 1 fully saturated rings. The molecule has 110 valence electrons. The third-order valence-corrected chi connectivity index (χ3v) is 4.75. The quantitative estimate of drug-likeness (QED) is 0.936. The Labute approximate surface area is 126 Å². The van der Waals surface area contributed by atoms with Crippen LogP contribution in [0.3, 0.4) is 0 Å². The van der Waals surface area contributed by atoms with Crippen LogP contribution in [-0.2, 0) is 12.0 Å². The Morgan fingerprint density at radius 2 is 1.67 bits per heavy atom. The lowest BCUT2D eigenvalue weighted by Gasteiger charge is -2.41. The van der Waals surface area contributed by atoms with E-state index < -0.39 is 0 Å². The van der Waals surface area contributed by atoms with Crippen LogP contribution < -0.4 is 5.73 Å². The molecule has 1 aliphatic rings. The van der Waals surface area contributed by atoms with E-state index in [1.807, 2.05) is 12.4 Å². The minimum absolute atomic E-state index is 0.135. The number of benzene rings is 1. The molecule has 0 aliphatic carbocycles. The van der Waals surface area contributed by atoms with Crippen LogP contribution in [0.15, 0.2) is 54.9 Å². The van der Waals surface area contributed by atoms with Crippen LogP contribution in [0, 0.1) is 0 Å². The second kappa shape index (κ2) is 6.37. The van der Waals surface area contributed by atoms with Gasteiger partial charge in [0.05, 0.1) is 0 Å². The maximum Gasteiger partial charge on any atom is 0.0270 e. The van der Waals surface area contributed by atoms with Crippen molar-refractivity contribution >= 4 is 0 Å². The van der Waals surface area contributed by atoms with E-state index in [1.165, 1.54) is 11.1 Å². The zero-order valence-corrected chi connectivity index (χ0v) is 12.4. The topological polar surface area (TPSA) is 42.1 Å². The number of nitrogens with two attached hydrogens (primary N) is 1. The van der Waals surface area contributed by atoms with Crippen LogP contribution in [0.4, 0.5) is 0 Å². The van der Waals surface area contributed by atoms with Crippen LogP contribution >= 0.6 is 0 Å². The number of nitrogens with zero attached hydrogens (tertiary/aromatic N) is 2. The summed E-state index contributed by atoms with van der Waals surface area (Å²) in [5.41, 5.74) is 9.00. The summed E-state index contributed by atoms with van der Waals surface area (Å²) < 4.78 is 0. The van der Waals surface area contributed by atoms with Crippen LogP contribution in [-0.4, -0.2) is 29.5 Å². The molecule has 3 heteroatoms. The zero-order valence-electron chi connectivity index (χ0n) is 12.4. The van der Waals surface area contributed by atoms with E-state index in [1.54, 1.807) is 0 Å². The molecular weight excluding hydrogens is 258 g/mol. The third-order valence-electron chi connectivity index (χ3n) is 4.75. The van der Waals surface area contributed by atoms with Crippen LogP contribution in [0.1, 0.15) is 24.0 Å². The van der Waals surface area contributed by atoms with Gasteiger partial charge in [0.2, 0.25) is 0 Å². The Morgan fingerprint density at radius 3 is 2.29 bits per heavy atom. The van der Waals surface area contributed by atoms with Crippen molar-refractivity contribution < 1.29 is 0 Å². The van der Waals surface area contributed by atoms with E-state index in [0.29, 0.717) is 0 Å². The second-order valence-electron chi connectivity index (χ2n) is 5.98. The molecule has 0 atom stereocenters. The Hall–Kier alpha value is -1.71. The minimum Gasteiger partial charge on any atom is -0.330 e. The van der Waals surface area contributed by atoms with Gasteiger partial charge in [0.15, 0.2) is 0 Å². The van der Waals surface area contributed by atoms with Crippen molar-refractivity contribution in [2.75, 3.05) is 19.6 Å². The molecule has 0 saturated carbocycles. The first-order chi connectivity index (χ1) is 10.3. The SMILES string of the molecule is NCC1(c2ccncc2)CCN(Cc2ccccc2)CC1. The van der Waals surface area contributed by atoms with Crippen molar-refractivity contribution in [3.63, 3.8) is 0 Å². The van der Waals surface area contributed by atoms with Crippen LogP contribution in [0.2, 0.25) is 0 Å². The summed E-state index contributed by atoms with van der Waals surface area (Å²) >= 11 is 0. The monoisotopic (exact) mass is 281 g/mol. The largest absolute Gasteiger partial charge is 0.330 e. The number of likely N-dealkylation sites (tertiary alicyclic amines) is 1. The van der Waals surface area contributed by atoms with Gasteiger partial charge in [-0.2, -0.15) is 0 Å². The lowest BCUT2D eigenvalue weighted by Crippen LogP contribution is -2.46. The Kier molecular flexibility index (Phi) is 4.32. The lowest BCUT2D eigenvalue weighted by atomic mass is 9.73. The summed E-state index contributed by atoms with van der Waals surface area (Å²) in [5.74, 6) is 0. The molecule has 1 saturated heterocycles. The smallest absolute Gasteiger partial charge is 0.0270 e. The molecule has 1 aliphatic heterocycles. The van der Waals surface area contributed by atoms with Gasteiger partial charge >= 0.3 is 0 Å². The van der Waals surface area contributed by atoms with E-state index >= 15 is 0 Å². The average molecular weight is 281 g/mol. The molecule has 21 heavy (non-hydrogen) atoms. The first-order valence-corrected chi connectivity index (χ1v) is 7.69. The number of rotatable bonds is 4. The molecule has 0 bridgehead atoms. The predicted octanol–water partition coefficient (Wildman–Crippen LogP) is 2.57. The summed E-state index contributed by atoms with van der Waals surface area (Å²) in [5, 5.41) is 0. The number of aromatic nitrogens is 1. The molecule has 3 rings (SSSR count). The van der Waals surface area contributed by atoms with E-state index in [2.05, 4.69) is 52.3 Å². The van der Waals surface area contributed by atoms with Gasteiger partial charge in [-0.1, -0.05) is 30.3 Å². The molecule has 2 aromatic rings. The number of hydrogen-bond acceptors (Lipinski definition) is 3. The molecule has 3 nitrogen and oxygen atoms in total. The molecule has 0 amide bonds. The lowest BCUT2D eigenvalue weighted by molar-refractivity contribution is 0.156. The fourth-order valence-corrected chi connectivity index (χ4v) is 3.30. The van der Waals surface area contributed by atoms with Gasteiger partial charge in [-0.15, -0.1) is 0 Å². The summed E-state index contributed by atoms with van der Waals surface area (Å²) in [7, 11) is 0. The second-order valence-corrected chi connectivity index (χ2v) is 5.98. The molecule has 0 spiro atoms. The van der Waals surface area contributed by atoms with Gasteiger partial charge in [-0.25, -0.2) is 0 Å². The maximum atomic E-state index is 6.13. The highest BCUT2D eigenvalue weighted by molar-refractivity contribution is 5.25. The summed E-state index contributed by atoms with van der Waals surface area (Å²) in [6.07, 6.45) is 6.01. The van der Waals surface area contributed by atoms with E-state index in [9.17, 15) is 0 Å². The molecule has 0 radical (unpaired) electrons. The van der Waals surface area contributed by atoms with Crippen molar-refractivity contribution in [2.24, 2.45) is 5.73 Å². The molecule has 1 aromatic heterocycles. The molecular formula is C18H23N3. The molecule has 0 unspecified atom stereocenters. The van der Waals surface area contributed by atoms with E-state index in [-0.39, 0.29) is 5.41 Å². The summed E-state index contributed by atoms with van der Waals surface area (Å²) in [6, 6.07) is 14.9. The van der Waals surface area contributed by atoms with E-state index in [0.717, 1.165) is 39.0 Å². The van der Waals surface area contributed by atoms with E-state index in [4.69, 9.17) is 5.73 Å². The highest BCUT2D eigenvalue weighted by Gasteiger charge is 2.34. The average Bonchev–Trinajstić information content (AvgIpc) is 2.58. The predicted molar refractivity (Wildman–Crippen MR) is 85.9 cm³/mol. The Morgan fingerprint density at radius 1 is 1.00 bits per heavy atom. The number of piperidine rings is 1. The fourth-order valence-electron chi connectivity index (χ4n) is 3.30. The van der Waals surface area contributed by atoms with Gasteiger partial charge in [0, 0.05) is 30.9 Å². The third kappa shape index (κ3) is 3.14. The van der Waals surface area contributed by atoms with Crippen molar-refractivity contribution in [3.05, 3.63) is 66.0 Å². The molecule has 2 N–H and O–H groups in total. The normalized spacial score (nSPS) is 18.5. The van der Waals surface area contributed by atoms with Crippen molar-refractivity contribution in [1.82, 2.24) is 9.88 Å². The van der Waals surface area contributed by atoms with Crippen LogP contribution in [0.5, 0.6) is 0 Å². The van der Waals surface area contributed by atoms with Gasteiger partial charge in [-0.3, -0.25) is 9.88 Å². The summed E-state index contributed by atoms with van der Waals surface area (Å²) in [4.78, 5) is 6.66. The van der Waals surface area contributed by atoms with Crippen molar-refractivity contribution in [3.8, 4) is 0 Å². The number of hydrogen-bond donors (Lipinski definition) is 1. The molecule has 1 aromatic carbocycles. The standard InChI is InChI=1S/C18H23N3/c19-15-18(17-6-10-20-11-7-17)8-12-21(13-9-18)14-16-4-2-1-3-5-16/h1-7,10-11H,8-9,12-15,19H2. The summed E-state index contributed by atoms with van der Waals surface area (Å²) in [6.45, 7) is 3.97. The first-order valence-electron chi connectivity index (χ1n) is 7.69. The van der Waals surface area contributed by atoms with Gasteiger partial charge in [0.1, 0.15) is 0 Å². The van der Waals surface area contributed by atoms with Gasteiger partial charge < -0.3 is 5.73 Å². The van der Waals surface area contributed by atoms with Gasteiger partial charge in [0.25, 0.3) is 0 Å². The number of pyridine rings is 1. The fraction of sp³-hybridized carbons (Fsp3) is 0.389. The van der Waals surface area contributed by atoms with Crippen molar-refractivity contribution in [1.29, 1.82) is 0 Å². The minimum atomic E-state index is 0.135. The van der Waals surface area contributed by atoms with Crippen LogP contribution in [0.25, 0.3) is 0 Å². The maximum absolute atomic E-state index is 6.13. The Bertz CT molecular complexity index is 545. The highest BCUT2D eigenvalue weighted by atomic mass is 15.1. The van der Waals surface area contributed by atoms with Gasteiger partial charge in [-0.05, 0) is 49.2 Å². The van der Waals surface area contributed by atoms with Crippen molar-refractivity contribution in [2.45, 2.75) is 24.8 Å². The zero-order chi connectivity index (χ0) is 14.5.